The van der Waals surface area contributed by atoms with Crippen molar-refractivity contribution in [3.63, 3.8) is 0 Å². The summed E-state index contributed by atoms with van der Waals surface area (Å²) in [6.45, 7) is 4.41. The number of carbonyl (C=O) groups is 1. The molecule has 92 valence electrons. The molecule has 1 aromatic heterocycles. The lowest BCUT2D eigenvalue weighted by molar-refractivity contribution is -0.136. The molecular formula is C13H18N2O2. The van der Waals surface area contributed by atoms with E-state index < -0.39 is 0 Å². The maximum absolute atomic E-state index is 11.1. The summed E-state index contributed by atoms with van der Waals surface area (Å²) in [5.41, 5.74) is 1.73. The van der Waals surface area contributed by atoms with Gasteiger partial charge in [0.15, 0.2) is 0 Å². The van der Waals surface area contributed by atoms with Gasteiger partial charge in [0.2, 0.25) is 0 Å². The third-order valence-corrected chi connectivity index (χ3v) is 2.52. The number of esters is 1. The van der Waals surface area contributed by atoms with Crippen molar-refractivity contribution in [1.82, 2.24) is 10.3 Å². The van der Waals surface area contributed by atoms with Crippen LogP contribution in [0.25, 0.3) is 0 Å². The summed E-state index contributed by atoms with van der Waals surface area (Å²) in [7, 11) is 1.38. The van der Waals surface area contributed by atoms with Crippen LogP contribution in [0.2, 0.25) is 0 Å². The summed E-state index contributed by atoms with van der Waals surface area (Å²) in [5.74, 6) is -0.291. The van der Waals surface area contributed by atoms with E-state index >= 15 is 0 Å². The molecule has 1 unspecified atom stereocenters. The van der Waals surface area contributed by atoms with Crippen LogP contribution in [0.15, 0.2) is 36.2 Å². The van der Waals surface area contributed by atoms with Gasteiger partial charge in [0.25, 0.3) is 0 Å². The molecule has 0 aromatic carbocycles. The fourth-order valence-electron chi connectivity index (χ4n) is 1.38. The van der Waals surface area contributed by atoms with Crippen molar-refractivity contribution in [2.75, 3.05) is 13.7 Å². The smallest absolute Gasteiger partial charge is 0.333 e. The summed E-state index contributed by atoms with van der Waals surface area (Å²) in [4.78, 5) is 15.2. The monoisotopic (exact) mass is 234 g/mol. The summed E-state index contributed by atoms with van der Waals surface area (Å²) >= 11 is 0. The highest BCUT2D eigenvalue weighted by atomic mass is 16.5. The van der Waals surface area contributed by atoms with E-state index in [9.17, 15) is 4.79 Å². The molecule has 17 heavy (non-hydrogen) atoms. The highest BCUT2D eigenvalue weighted by Gasteiger charge is 2.04. The minimum Gasteiger partial charge on any atom is -0.466 e. The van der Waals surface area contributed by atoms with E-state index in [1.54, 1.807) is 13.1 Å². The zero-order valence-corrected chi connectivity index (χ0v) is 10.4. The number of carbonyl (C=O) groups excluding carboxylic acids is 1. The third kappa shape index (κ3) is 4.36. The van der Waals surface area contributed by atoms with Gasteiger partial charge in [-0.25, -0.2) is 4.79 Å². The van der Waals surface area contributed by atoms with Gasteiger partial charge in [-0.1, -0.05) is 12.1 Å². The molecule has 0 fully saturated rings. The largest absolute Gasteiger partial charge is 0.466 e. The SMILES string of the molecule is COC(=O)/C(C)=C/CNC(C)c1cccnc1. The van der Waals surface area contributed by atoms with Crippen molar-refractivity contribution in [3.8, 4) is 0 Å². The van der Waals surface area contributed by atoms with Gasteiger partial charge in [0.05, 0.1) is 7.11 Å². The van der Waals surface area contributed by atoms with Crippen molar-refractivity contribution < 1.29 is 9.53 Å². The molecule has 0 amide bonds. The van der Waals surface area contributed by atoms with Gasteiger partial charge in [0, 0.05) is 30.6 Å². The minimum atomic E-state index is -0.291. The Morgan fingerprint density at radius 1 is 1.65 bits per heavy atom. The maximum atomic E-state index is 11.1. The van der Waals surface area contributed by atoms with E-state index in [1.165, 1.54) is 7.11 Å². The number of pyridine rings is 1. The lowest BCUT2D eigenvalue weighted by Gasteiger charge is -2.12. The summed E-state index contributed by atoms with van der Waals surface area (Å²) in [6.07, 6.45) is 5.39. The van der Waals surface area contributed by atoms with E-state index in [0.29, 0.717) is 12.1 Å². The van der Waals surface area contributed by atoms with Crippen molar-refractivity contribution >= 4 is 5.97 Å². The number of nitrogens with one attached hydrogen (secondary N) is 1. The molecule has 0 saturated heterocycles. The van der Waals surface area contributed by atoms with Crippen LogP contribution in [-0.4, -0.2) is 24.6 Å². The van der Waals surface area contributed by atoms with E-state index in [2.05, 4.69) is 22.0 Å². The molecule has 0 aliphatic heterocycles. The number of nitrogens with zero attached hydrogens (tertiary/aromatic N) is 1. The molecule has 0 spiro atoms. The van der Waals surface area contributed by atoms with Gasteiger partial charge in [-0.15, -0.1) is 0 Å². The second-order valence-electron chi connectivity index (χ2n) is 3.80. The Balaban J connectivity index is 2.44. The topological polar surface area (TPSA) is 51.2 Å². The van der Waals surface area contributed by atoms with Crippen LogP contribution in [0.4, 0.5) is 0 Å². The first-order valence-corrected chi connectivity index (χ1v) is 5.53. The fraction of sp³-hybridized carbons (Fsp3) is 0.385. The Hall–Kier alpha value is -1.68. The average molecular weight is 234 g/mol. The molecule has 4 heteroatoms. The van der Waals surface area contributed by atoms with Crippen LogP contribution in [-0.2, 0) is 9.53 Å². The molecule has 0 bridgehead atoms. The number of hydrogen-bond acceptors (Lipinski definition) is 4. The average Bonchev–Trinajstić information content (AvgIpc) is 2.38. The minimum absolute atomic E-state index is 0.199. The van der Waals surface area contributed by atoms with Crippen molar-refractivity contribution in [3.05, 3.63) is 41.7 Å². The Bertz CT molecular complexity index is 388. The molecule has 1 N–H and O–H groups in total. The zero-order valence-electron chi connectivity index (χ0n) is 10.4. The van der Waals surface area contributed by atoms with Crippen LogP contribution < -0.4 is 5.32 Å². The Labute approximate surface area is 102 Å². The van der Waals surface area contributed by atoms with Crippen LogP contribution in [0.3, 0.4) is 0 Å². The molecular weight excluding hydrogens is 216 g/mol. The molecule has 1 heterocycles. The molecule has 1 rings (SSSR count). The molecule has 1 atom stereocenters. The van der Waals surface area contributed by atoms with Gasteiger partial charge < -0.3 is 10.1 Å². The lowest BCUT2D eigenvalue weighted by Crippen LogP contribution is -2.19. The lowest BCUT2D eigenvalue weighted by atomic mass is 10.1. The highest BCUT2D eigenvalue weighted by molar-refractivity contribution is 5.87. The molecule has 0 radical (unpaired) electrons. The molecule has 4 nitrogen and oxygen atoms in total. The number of hydrogen-bond donors (Lipinski definition) is 1. The third-order valence-electron chi connectivity index (χ3n) is 2.52. The van der Waals surface area contributed by atoms with E-state index in [0.717, 1.165) is 5.56 Å². The van der Waals surface area contributed by atoms with E-state index in [4.69, 9.17) is 0 Å². The molecule has 0 aliphatic rings. The standard InChI is InChI=1S/C13H18N2O2/c1-10(13(16)17-3)6-8-15-11(2)12-5-4-7-14-9-12/h4-7,9,11,15H,8H2,1-3H3/b10-6+. The van der Waals surface area contributed by atoms with Gasteiger partial charge >= 0.3 is 5.97 Å². The second kappa shape index (κ2) is 6.81. The second-order valence-corrected chi connectivity index (χ2v) is 3.80. The summed E-state index contributed by atoms with van der Waals surface area (Å²) in [6, 6.07) is 4.12. The van der Waals surface area contributed by atoms with Gasteiger partial charge in [-0.2, -0.15) is 0 Å². The van der Waals surface area contributed by atoms with Crippen LogP contribution >= 0.6 is 0 Å². The van der Waals surface area contributed by atoms with Gasteiger partial charge in [-0.05, 0) is 25.5 Å². The Morgan fingerprint density at radius 2 is 2.41 bits per heavy atom. The number of methoxy groups -OCH3 is 1. The van der Waals surface area contributed by atoms with Gasteiger partial charge in [-0.3, -0.25) is 4.98 Å². The van der Waals surface area contributed by atoms with Crippen LogP contribution in [0.1, 0.15) is 25.5 Å². The summed E-state index contributed by atoms with van der Waals surface area (Å²) in [5, 5.41) is 3.28. The molecule has 0 aliphatic carbocycles. The Morgan fingerprint density at radius 3 is 3.00 bits per heavy atom. The first kappa shape index (κ1) is 13.4. The Kier molecular flexibility index (Phi) is 5.36. The number of rotatable bonds is 5. The number of ether oxygens (including phenoxy) is 1. The van der Waals surface area contributed by atoms with Crippen molar-refractivity contribution in [2.24, 2.45) is 0 Å². The first-order valence-electron chi connectivity index (χ1n) is 5.53. The van der Waals surface area contributed by atoms with Crippen LogP contribution in [0.5, 0.6) is 0 Å². The zero-order chi connectivity index (χ0) is 12.7. The van der Waals surface area contributed by atoms with E-state index in [-0.39, 0.29) is 12.0 Å². The molecule has 0 saturated carbocycles. The fourth-order valence-corrected chi connectivity index (χ4v) is 1.38. The summed E-state index contributed by atoms with van der Waals surface area (Å²) < 4.78 is 4.61. The molecule has 1 aromatic rings. The van der Waals surface area contributed by atoms with Crippen LogP contribution in [0, 0.1) is 0 Å². The normalized spacial score (nSPS) is 13.2. The van der Waals surface area contributed by atoms with Crippen molar-refractivity contribution in [2.45, 2.75) is 19.9 Å². The van der Waals surface area contributed by atoms with Gasteiger partial charge in [0.1, 0.15) is 0 Å². The highest BCUT2D eigenvalue weighted by Crippen LogP contribution is 2.09. The predicted octanol–water partition coefficient (Wildman–Crippen LogP) is 1.85. The number of aromatic nitrogens is 1. The van der Waals surface area contributed by atoms with E-state index in [1.807, 2.05) is 24.4 Å². The quantitative estimate of drug-likeness (QED) is 0.624. The predicted molar refractivity (Wildman–Crippen MR) is 66.4 cm³/mol. The maximum Gasteiger partial charge on any atom is 0.333 e. The first-order chi connectivity index (χ1) is 8.15. The van der Waals surface area contributed by atoms with Crippen molar-refractivity contribution in [1.29, 1.82) is 0 Å².